The van der Waals surface area contributed by atoms with Gasteiger partial charge in [-0.15, -0.1) is 0 Å². The lowest BCUT2D eigenvalue weighted by Crippen LogP contribution is -2.38. The van der Waals surface area contributed by atoms with Gasteiger partial charge in [-0.2, -0.15) is 0 Å². The molecule has 3 aliphatic rings. The van der Waals surface area contributed by atoms with E-state index in [0.717, 1.165) is 17.1 Å². The minimum atomic E-state index is -0.503. The molecule has 0 bridgehead atoms. The van der Waals surface area contributed by atoms with Gasteiger partial charge in [-0.3, -0.25) is 14.8 Å². The summed E-state index contributed by atoms with van der Waals surface area (Å²) in [4.78, 5) is 29.3. The van der Waals surface area contributed by atoms with Crippen molar-refractivity contribution in [3.05, 3.63) is 64.9 Å². The third-order valence-corrected chi connectivity index (χ3v) is 6.06. The molecule has 2 atom stereocenters. The van der Waals surface area contributed by atoms with Crippen LogP contribution in [0.5, 0.6) is 0 Å². The van der Waals surface area contributed by atoms with Gasteiger partial charge >= 0.3 is 0 Å². The zero-order valence-electron chi connectivity index (χ0n) is 17.4. The number of hydrogen-bond acceptors (Lipinski definition) is 6. The highest BCUT2D eigenvalue weighted by Gasteiger charge is 2.39. The number of aromatic nitrogens is 1. The van der Waals surface area contributed by atoms with Crippen LogP contribution in [0.15, 0.2) is 46.5 Å². The molecule has 0 saturated carbocycles. The number of amides is 1. The number of pyridine rings is 1. The molecule has 1 aromatic carbocycles. The Morgan fingerprint density at radius 2 is 2.13 bits per heavy atom. The fraction of sp³-hybridized carbons (Fsp3) is 0.304. The summed E-state index contributed by atoms with van der Waals surface area (Å²) in [6.45, 7) is 2.35. The maximum absolute atomic E-state index is 15.6. The van der Waals surface area contributed by atoms with Gasteiger partial charge in [0, 0.05) is 48.0 Å². The molecule has 0 spiro atoms. The molecular weight excluding hydrogens is 395 g/mol. The molecule has 1 aromatic heterocycles. The van der Waals surface area contributed by atoms with E-state index in [9.17, 15) is 4.79 Å². The van der Waals surface area contributed by atoms with Crippen LogP contribution in [0.1, 0.15) is 22.5 Å². The Bertz CT molecular complexity index is 1170. The summed E-state index contributed by atoms with van der Waals surface area (Å²) in [5, 5.41) is 0. The Labute approximate surface area is 179 Å². The molecule has 2 unspecified atom stereocenters. The highest BCUT2D eigenvalue weighted by molar-refractivity contribution is 6.05. The number of amidine groups is 1. The van der Waals surface area contributed by atoms with E-state index in [1.807, 2.05) is 49.3 Å². The number of carbonyl (C=O) groups excluding carboxylic acids is 1. The molecule has 7 nitrogen and oxygen atoms in total. The molecule has 1 amide bonds. The Kier molecular flexibility index (Phi) is 4.66. The van der Waals surface area contributed by atoms with Crippen molar-refractivity contribution in [2.24, 2.45) is 21.6 Å². The van der Waals surface area contributed by atoms with Gasteiger partial charge < -0.3 is 15.5 Å². The van der Waals surface area contributed by atoms with Crippen molar-refractivity contribution in [3.63, 3.8) is 0 Å². The van der Waals surface area contributed by atoms with E-state index in [-0.39, 0.29) is 24.1 Å². The van der Waals surface area contributed by atoms with Crippen LogP contribution >= 0.6 is 0 Å². The van der Waals surface area contributed by atoms with E-state index < -0.39 is 6.17 Å². The fourth-order valence-electron chi connectivity index (χ4n) is 4.59. The van der Waals surface area contributed by atoms with E-state index in [1.165, 1.54) is 6.34 Å². The average Bonchev–Trinajstić information content (AvgIpc) is 3.31. The zero-order valence-corrected chi connectivity index (χ0v) is 17.4. The number of halogens is 1. The molecule has 31 heavy (non-hydrogen) atoms. The van der Waals surface area contributed by atoms with Gasteiger partial charge in [-0.1, -0.05) is 6.07 Å². The molecular formula is C23H23FN6O. The summed E-state index contributed by atoms with van der Waals surface area (Å²) < 4.78 is 15.6. The van der Waals surface area contributed by atoms with Crippen molar-refractivity contribution in [2.75, 3.05) is 18.5 Å². The Morgan fingerprint density at radius 1 is 1.29 bits per heavy atom. The molecule has 8 heteroatoms. The van der Waals surface area contributed by atoms with Crippen LogP contribution in [0, 0.1) is 18.7 Å². The average molecular weight is 418 g/mol. The molecule has 2 aromatic rings. The number of aliphatic imine (C=N–C) groups is 2. The summed E-state index contributed by atoms with van der Waals surface area (Å²) >= 11 is 0. The number of aryl methyl sites for hydroxylation is 1. The summed E-state index contributed by atoms with van der Waals surface area (Å²) in [5.41, 5.74) is 10.2. The van der Waals surface area contributed by atoms with Crippen LogP contribution in [0.2, 0.25) is 0 Å². The first-order valence-electron chi connectivity index (χ1n) is 10.3. The van der Waals surface area contributed by atoms with Gasteiger partial charge in [0.25, 0.3) is 0 Å². The summed E-state index contributed by atoms with van der Waals surface area (Å²) in [5.74, 6) is 0.0972. The molecule has 158 valence electrons. The molecule has 5 rings (SSSR count). The second kappa shape index (κ2) is 7.39. The predicted octanol–water partition coefficient (Wildman–Crippen LogP) is 2.29. The van der Waals surface area contributed by atoms with Gasteiger partial charge in [-0.25, -0.2) is 9.38 Å². The number of hydrogen-bond donors (Lipinski definition) is 1. The highest BCUT2D eigenvalue weighted by atomic mass is 19.1. The van der Waals surface area contributed by atoms with Gasteiger partial charge in [0.1, 0.15) is 24.2 Å². The van der Waals surface area contributed by atoms with Gasteiger partial charge in [0.2, 0.25) is 5.91 Å². The van der Waals surface area contributed by atoms with E-state index in [2.05, 4.69) is 15.0 Å². The summed E-state index contributed by atoms with van der Waals surface area (Å²) in [6, 6.07) is 9.18. The molecule has 0 fully saturated rings. The molecule has 0 radical (unpaired) electrons. The lowest BCUT2D eigenvalue weighted by Gasteiger charge is -2.24. The largest absolute Gasteiger partial charge is 0.339 e. The van der Waals surface area contributed by atoms with Gasteiger partial charge in [0.15, 0.2) is 0 Å². The third kappa shape index (κ3) is 3.23. The van der Waals surface area contributed by atoms with Crippen molar-refractivity contribution in [2.45, 2.75) is 25.9 Å². The minimum absolute atomic E-state index is 0.0816. The molecule has 4 heterocycles. The number of nitrogens with two attached hydrogens (primary N) is 1. The number of nitrogens with zero attached hydrogens (tertiary/aromatic N) is 5. The molecule has 2 N–H and O–H groups in total. The topological polar surface area (TPSA) is 87.2 Å². The number of carbonyl (C=O) groups is 1. The second-order valence-corrected chi connectivity index (χ2v) is 8.08. The fourth-order valence-corrected chi connectivity index (χ4v) is 4.59. The van der Waals surface area contributed by atoms with Crippen LogP contribution in [-0.4, -0.2) is 47.7 Å². The number of rotatable bonds is 3. The first-order chi connectivity index (χ1) is 14.9. The first-order valence-corrected chi connectivity index (χ1v) is 10.3. The summed E-state index contributed by atoms with van der Waals surface area (Å²) in [6.07, 6.45) is 3.48. The van der Waals surface area contributed by atoms with Crippen molar-refractivity contribution in [1.29, 1.82) is 0 Å². The molecule has 0 aliphatic carbocycles. The number of anilines is 1. The van der Waals surface area contributed by atoms with Crippen LogP contribution in [0.4, 0.5) is 10.1 Å². The maximum atomic E-state index is 15.6. The standard InChI is InChI=1S/C23H23FN6O/c1-13-4-3-5-14(28-13)10-19(31)30-9-8-16-18(30)7-6-15(21(16)24)17-11-29(2)23-20(17)22(25)26-12-27-23/h3-7,11-12,20,22H,8-10,25H2,1-2H3. The van der Waals surface area contributed by atoms with Gasteiger partial charge in [0.05, 0.1) is 12.3 Å². The van der Waals surface area contributed by atoms with Crippen molar-refractivity contribution >= 4 is 29.3 Å². The monoisotopic (exact) mass is 418 g/mol. The van der Waals surface area contributed by atoms with Gasteiger partial charge in [-0.05, 0) is 43.2 Å². The van der Waals surface area contributed by atoms with Crippen molar-refractivity contribution in [1.82, 2.24) is 9.88 Å². The van der Waals surface area contributed by atoms with Crippen LogP contribution < -0.4 is 10.6 Å². The quantitative estimate of drug-likeness (QED) is 0.829. The van der Waals surface area contributed by atoms with E-state index in [4.69, 9.17) is 5.73 Å². The van der Waals surface area contributed by atoms with Crippen LogP contribution in [0.25, 0.3) is 5.57 Å². The maximum Gasteiger partial charge on any atom is 0.233 e. The first kappa shape index (κ1) is 19.6. The predicted molar refractivity (Wildman–Crippen MR) is 118 cm³/mol. The highest BCUT2D eigenvalue weighted by Crippen LogP contribution is 2.40. The van der Waals surface area contributed by atoms with Crippen LogP contribution in [0.3, 0.4) is 0 Å². The molecule has 0 saturated heterocycles. The normalized spacial score (nSPS) is 21.7. The zero-order chi connectivity index (χ0) is 21.7. The number of benzene rings is 1. The Balaban J connectivity index is 1.44. The van der Waals surface area contributed by atoms with E-state index in [0.29, 0.717) is 35.5 Å². The SMILES string of the molecule is Cc1cccc(CC(=O)N2CCc3c2ccc(C2=CN(C)C4=NC=NC(N)C24)c3F)n1. The van der Waals surface area contributed by atoms with Crippen LogP contribution in [-0.2, 0) is 17.6 Å². The van der Waals surface area contributed by atoms with E-state index >= 15 is 4.39 Å². The Hall–Kier alpha value is -3.39. The number of fused-ring (bicyclic) bond motifs is 2. The van der Waals surface area contributed by atoms with Crippen molar-refractivity contribution < 1.29 is 9.18 Å². The smallest absolute Gasteiger partial charge is 0.233 e. The van der Waals surface area contributed by atoms with E-state index in [1.54, 1.807) is 11.0 Å². The second-order valence-electron chi connectivity index (χ2n) is 8.08. The third-order valence-electron chi connectivity index (χ3n) is 6.06. The Morgan fingerprint density at radius 3 is 2.94 bits per heavy atom. The lowest BCUT2D eigenvalue weighted by atomic mass is 9.90. The molecule has 3 aliphatic heterocycles. The minimum Gasteiger partial charge on any atom is -0.339 e. The summed E-state index contributed by atoms with van der Waals surface area (Å²) in [7, 11) is 1.87. The van der Waals surface area contributed by atoms with Crippen molar-refractivity contribution in [3.8, 4) is 0 Å². The lowest BCUT2D eigenvalue weighted by molar-refractivity contribution is -0.117.